The van der Waals surface area contributed by atoms with Gasteiger partial charge in [0.15, 0.2) is 5.65 Å². The second kappa shape index (κ2) is 11.9. The molecule has 45 heavy (non-hydrogen) atoms. The molecule has 224 valence electrons. The van der Waals surface area contributed by atoms with Gasteiger partial charge in [0.25, 0.3) is 0 Å². The van der Waals surface area contributed by atoms with E-state index in [9.17, 15) is 4.39 Å². The van der Waals surface area contributed by atoms with Crippen LogP contribution in [0.1, 0.15) is 17.2 Å². The van der Waals surface area contributed by atoms with Gasteiger partial charge in [0.1, 0.15) is 18.2 Å². The fraction of sp³-hybridized carbons (Fsp3) is 0.143. The Bertz CT molecular complexity index is 2120. The minimum Gasteiger partial charge on any atom is -0.487 e. The Morgan fingerprint density at radius 3 is 2.53 bits per heavy atom. The lowest BCUT2D eigenvalue weighted by molar-refractivity contribution is 0.305. The average Bonchev–Trinajstić information content (AvgIpc) is 3.68. The Labute approximate surface area is 258 Å². The van der Waals surface area contributed by atoms with Gasteiger partial charge in [-0.2, -0.15) is 5.10 Å². The predicted octanol–water partition coefficient (Wildman–Crippen LogP) is 6.51. The second-order valence-corrected chi connectivity index (χ2v) is 11.4. The minimum absolute atomic E-state index is 0.326. The number of hydrogen-bond donors (Lipinski definition) is 3. The van der Waals surface area contributed by atoms with E-state index in [1.54, 1.807) is 31.0 Å². The zero-order valence-corrected chi connectivity index (χ0v) is 24.8. The van der Waals surface area contributed by atoms with Crippen LogP contribution in [0.25, 0.3) is 55.6 Å². The number of H-pyrrole nitrogens is 2. The number of fused-ring (bicyclic) bond motifs is 2. The predicted molar refractivity (Wildman–Crippen MR) is 174 cm³/mol. The molecule has 0 aliphatic rings. The van der Waals surface area contributed by atoms with Crippen molar-refractivity contribution in [1.29, 1.82) is 0 Å². The smallest absolute Gasteiger partial charge is 0.181 e. The maximum Gasteiger partial charge on any atom is 0.181 e. The van der Waals surface area contributed by atoms with Crippen LogP contribution in [0.15, 0.2) is 97.7 Å². The van der Waals surface area contributed by atoms with Gasteiger partial charge in [-0.1, -0.05) is 30.3 Å². The standard InChI is InChI=1S/C35H31FN8O/c1-44(2)19-31(37)23-8-22(9-26(36)10-23)30-17-39-18-33-28(30)13-32(41-33)34-29-12-25(15-40-35(29)43-42-34)24-11-27(16-38-14-24)45-20-21-6-4-3-5-7-21/h3-18,31,41H,19-20,37H2,1-2H3,(H,40,42,43). The van der Waals surface area contributed by atoms with E-state index in [0.717, 1.165) is 55.5 Å². The topological polar surface area (TPSA) is 122 Å². The molecule has 0 fully saturated rings. The molecule has 0 saturated carbocycles. The molecule has 0 saturated heterocycles. The highest BCUT2D eigenvalue weighted by Crippen LogP contribution is 2.35. The summed E-state index contributed by atoms with van der Waals surface area (Å²) in [5.41, 5.74) is 14.4. The minimum atomic E-state index is -0.341. The summed E-state index contributed by atoms with van der Waals surface area (Å²) in [6, 6.07) is 20.6. The van der Waals surface area contributed by atoms with Crippen LogP contribution in [0.5, 0.6) is 5.75 Å². The van der Waals surface area contributed by atoms with E-state index in [1.165, 1.54) is 12.1 Å². The van der Waals surface area contributed by atoms with Crippen LogP contribution in [0.3, 0.4) is 0 Å². The van der Waals surface area contributed by atoms with Crippen molar-refractivity contribution in [2.45, 2.75) is 12.6 Å². The van der Waals surface area contributed by atoms with Crippen molar-refractivity contribution in [3.05, 3.63) is 115 Å². The van der Waals surface area contributed by atoms with Gasteiger partial charge < -0.3 is 20.4 Å². The molecule has 4 N–H and O–H groups in total. The fourth-order valence-electron chi connectivity index (χ4n) is 5.56. The molecule has 0 amide bonds. The van der Waals surface area contributed by atoms with Crippen molar-refractivity contribution in [3.63, 3.8) is 0 Å². The molecule has 9 nitrogen and oxygen atoms in total. The quantitative estimate of drug-likeness (QED) is 0.173. The molecule has 1 atom stereocenters. The highest BCUT2D eigenvalue weighted by Gasteiger charge is 2.17. The summed E-state index contributed by atoms with van der Waals surface area (Å²) in [6.07, 6.45) is 8.78. The van der Waals surface area contributed by atoms with E-state index in [2.05, 4.69) is 30.1 Å². The number of nitrogens with two attached hydrogens (primary N) is 1. The van der Waals surface area contributed by atoms with Crippen LogP contribution in [-0.4, -0.2) is 55.7 Å². The van der Waals surface area contributed by atoms with Crippen LogP contribution in [0.2, 0.25) is 0 Å². The summed E-state index contributed by atoms with van der Waals surface area (Å²) in [4.78, 5) is 18.9. The molecule has 7 aromatic rings. The van der Waals surface area contributed by atoms with Crippen molar-refractivity contribution in [1.82, 2.24) is 35.0 Å². The van der Waals surface area contributed by atoms with Gasteiger partial charge in [0, 0.05) is 58.6 Å². The first-order chi connectivity index (χ1) is 21.9. The van der Waals surface area contributed by atoms with E-state index >= 15 is 0 Å². The van der Waals surface area contributed by atoms with Crippen molar-refractivity contribution < 1.29 is 9.13 Å². The molecule has 0 radical (unpaired) electrons. The van der Waals surface area contributed by atoms with E-state index in [1.807, 2.05) is 73.6 Å². The molecule has 1 unspecified atom stereocenters. The zero-order valence-electron chi connectivity index (χ0n) is 24.8. The van der Waals surface area contributed by atoms with Gasteiger partial charge in [-0.15, -0.1) is 0 Å². The van der Waals surface area contributed by atoms with Gasteiger partial charge in [0.2, 0.25) is 0 Å². The highest BCUT2D eigenvalue weighted by atomic mass is 19.1. The van der Waals surface area contributed by atoms with E-state index in [0.29, 0.717) is 30.1 Å². The lowest BCUT2D eigenvalue weighted by Crippen LogP contribution is -2.26. The van der Waals surface area contributed by atoms with Crippen molar-refractivity contribution >= 4 is 21.9 Å². The average molecular weight is 599 g/mol. The normalized spacial score (nSPS) is 12.3. The number of nitrogens with zero attached hydrogens (tertiary/aromatic N) is 5. The number of benzene rings is 2. The number of halogens is 1. The fourth-order valence-corrected chi connectivity index (χ4v) is 5.56. The number of aromatic amines is 2. The maximum atomic E-state index is 14.8. The first-order valence-corrected chi connectivity index (χ1v) is 14.6. The van der Waals surface area contributed by atoms with Gasteiger partial charge >= 0.3 is 0 Å². The third-order valence-electron chi connectivity index (χ3n) is 7.74. The summed E-state index contributed by atoms with van der Waals surface area (Å²) in [6.45, 7) is 1.05. The summed E-state index contributed by atoms with van der Waals surface area (Å²) < 4.78 is 20.8. The van der Waals surface area contributed by atoms with Gasteiger partial charge in [-0.05, 0) is 67.2 Å². The van der Waals surface area contributed by atoms with Crippen LogP contribution in [0, 0.1) is 5.82 Å². The largest absolute Gasteiger partial charge is 0.487 e. The molecule has 7 rings (SSSR count). The number of ether oxygens (including phenoxy) is 1. The lowest BCUT2D eigenvalue weighted by atomic mass is 9.98. The summed E-state index contributed by atoms with van der Waals surface area (Å²) in [5.74, 6) is 0.328. The van der Waals surface area contributed by atoms with Crippen LogP contribution in [-0.2, 0) is 6.61 Å². The third kappa shape index (κ3) is 5.88. The maximum absolute atomic E-state index is 14.8. The Balaban J connectivity index is 1.22. The van der Waals surface area contributed by atoms with E-state index in [-0.39, 0.29) is 11.9 Å². The van der Waals surface area contributed by atoms with Crippen LogP contribution in [0.4, 0.5) is 4.39 Å². The highest BCUT2D eigenvalue weighted by molar-refractivity contribution is 6.00. The van der Waals surface area contributed by atoms with Gasteiger partial charge in [-0.25, -0.2) is 9.37 Å². The summed E-state index contributed by atoms with van der Waals surface area (Å²) in [7, 11) is 3.89. The summed E-state index contributed by atoms with van der Waals surface area (Å²) >= 11 is 0. The van der Waals surface area contributed by atoms with Crippen LogP contribution >= 0.6 is 0 Å². The third-order valence-corrected chi connectivity index (χ3v) is 7.74. The zero-order chi connectivity index (χ0) is 30.9. The molecule has 0 aliphatic heterocycles. The SMILES string of the molecule is CN(C)CC(N)c1cc(F)cc(-c2cncc3[nH]c(-c4[nH]nc5ncc(-c6cncc(OCc7ccccc7)c6)cc45)cc23)c1. The number of likely N-dealkylation sites (N-methyl/N-ethyl adjacent to an activating group) is 1. The van der Waals surface area contributed by atoms with Crippen molar-refractivity contribution in [2.75, 3.05) is 20.6 Å². The first kappa shape index (κ1) is 28.3. The monoisotopic (exact) mass is 598 g/mol. The molecule has 0 bridgehead atoms. The number of hydrogen-bond acceptors (Lipinski definition) is 7. The van der Waals surface area contributed by atoms with Crippen molar-refractivity contribution in [3.8, 4) is 39.4 Å². The molecule has 5 aromatic heterocycles. The molecular weight excluding hydrogens is 567 g/mol. The number of aromatic nitrogens is 6. The molecular formula is C35H31FN8O. The van der Waals surface area contributed by atoms with Crippen molar-refractivity contribution in [2.24, 2.45) is 5.73 Å². The summed E-state index contributed by atoms with van der Waals surface area (Å²) in [5, 5.41) is 9.33. The number of rotatable bonds is 9. The Kier molecular flexibility index (Phi) is 7.50. The van der Waals surface area contributed by atoms with E-state index in [4.69, 9.17) is 10.5 Å². The Hall–Kier alpha value is -5.45. The van der Waals surface area contributed by atoms with Gasteiger partial charge in [-0.3, -0.25) is 15.1 Å². The second-order valence-electron chi connectivity index (χ2n) is 11.4. The molecule has 0 aliphatic carbocycles. The number of nitrogens with one attached hydrogen (secondary N) is 2. The first-order valence-electron chi connectivity index (χ1n) is 14.6. The molecule has 5 heterocycles. The van der Waals surface area contributed by atoms with Crippen LogP contribution < -0.4 is 10.5 Å². The molecule has 10 heteroatoms. The van der Waals surface area contributed by atoms with Gasteiger partial charge in [0.05, 0.1) is 29.3 Å². The molecule has 0 spiro atoms. The molecule has 2 aromatic carbocycles. The Morgan fingerprint density at radius 2 is 1.69 bits per heavy atom. The van der Waals surface area contributed by atoms with E-state index < -0.39 is 0 Å². The lowest BCUT2D eigenvalue weighted by Gasteiger charge is -2.18. The Morgan fingerprint density at radius 1 is 0.867 bits per heavy atom. The number of pyridine rings is 3.